The second kappa shape index (κ2) is 7.66. The first-order valence-electron chi connectivity index (χ1n) is 9.98. The van der Waals surface area contributed by atoms with Crippen LogP contribution in [0, 0.1) is 19.3 Å². The zero-order valence-corrected chi connectivity index (χ0v) is 18.2. The number of ether oxygens (including phenoxy) is 1. The van der Waals surface area contributed by atoms with Crippen LogP contribution in [0.5, 0.6) is 5.75 Å². The third kappa shape index (κ3) is 3.81. The van der Waals surface area contributed by atoms with E-state index in [1.54, 1.807) is 18.7 Å². The summed E-state index contributed by atoms with van der Waals surface area (Å²) < 4.78 is 37.4. The average molecular weight is 435 g/mol. The quantitative estimate of drug-likeness (QED) is 0.675. The highest BCUT2D eigenvalue weighted by atomic mass is 32.2. The van der Waals surface area contributed by atoms with Crippen LogP contribution in [0.15, 0.2) is 28.8 Å². The van der Waals surface area contributed by atoms with E-state index in [0.29, 0.717) is 43.6 Å². The van der Waals surface area contributed by atoms with Crippen molar-refractivity contribution in [2.24, 2.45) is 5.41 Å². The average Bonchev–Trinajstić information content (AvgIpc) is 3.29. The second-order valence-electron chi connectivity index (χ2n) is 8.14. The van der Waals surface area contributed by atoms with Crippen LogP contribution >= 0.6 is 0 Å². The van der Waals surface area contributed by atoms with E-state index in [4.69, 9.17) is 9.26 Å². The molecule has 3 heterocycles. The van der Waals surface area contributed by atoms with Gasteiger partial charge in [0.05, 0.1) is 11.7 Å². The number of carbonyl (C=O) groups excluding carboxylic acids is 1. The zero-order chi connectivity index (χ0) is 21.5. The van der Waals surface area contributed by atoms with E-state index in [1.807, 2.05) is 31.2 Å². The summed E-state index contributed by atoms with van der Waals surface area (Å²) in [5.41, 5.74) is 0.643. The van der Waals surface area contributed by atoms with Crippen molar-refractivity contribution in [1.82, 2.24) is 19.3 Å². The molecule has 1 aromatic heterocycles. The fraction of sp³-hybridized carbons (Fsp3) is 0.550. The van der Waals surface area contributed by atoms with Crippen molar-refractivity contribution >= 4 is 15.9 Å². The lowest BCUT2D eigenvalue weighted by molar-refractivity contribution is -0.145. The zero-order valence-electron chi connectivity index (χ0n) is 17.4. The summed E-state index contributed by atoms with van der Waals surface area (Å²) in [6.07, 6.45) is 0. The van der Waals surface area contributed by atoms with Crippen molar-refractivity contribution in [1.29, 1.82) is 0 Å². The Bertz CT molecular complexity index is 1040. The molecule has 1 atom stereocenters. The molecule has 1 aromatic carbocycles. The summed E-state index contributed by atoms with van der Waals surface area (Å²) in [4.78, 5) is 18.7. The van der Waals surface area contributed by atoms with Gasteiger partial charge in [0.25, 0.3) is 5.91 Å². The Hall–Kier alpha value is -2.46. The normalized spacial score (nSPS) is 21.0. The van der Waals surface area contributed by atoms with Crippen molar-refractivity contribution in [3.05, 3.63) is 41.5 Å². The van der Waals surface area contributed by atoms with E-state index in [-0.39, 0.29) is 24.2 Å². The monoisotopic (exact) mass is 434 g/mol. The Kier molecular flexibility index (Phi) is 5.31. The van der Waals surface area contributed by atoms with Crippen LogP contribution < -0.4 is 4.74 Å². The van der Waals surface area contributed by atoms with Gasteiger partial charge in [-0.2, -0.15) is 4.98 Å². The first kappa shape index (κ1) is 20.8. The number of sulfonamides is 1. The summed E-state index contributed by atoms with van der Waals surface area (Å²) in [6.45, 7) is 6.78. The Morgan fingerprint density at radius 2 is 2.07 bits per heavy atom. The fourth-order valence-corrected chi connectivity index (χ4v) is 5.46. The molecule has 0 saturated carbocycles. The number of rotatable bonds is 6. The number of hydrogen-bond donors (Lipinski definition) is 0. The predicted octanol–water partition coefficient (Wildman–Crippen LogP) is 1.34. The summed E-state index contributed by atoms with van der Waals surface area (Å²) >= 11 is 0. The van der Waals surface area contributed by atoms with Crippen LogP contribution in [0.25, 0.3) is 0 Å². The number of nitrogens with zero attached hydrogens (tertiary/aromatic N) is 4. The molecule has 162 valence electrons. The molecule has 4 rings (SSSR count). The van der Waals surface area contributed by atoms with Crippen LogP contribution in [0.1, 0.15) is 30.1 Å². The maximum absolute atomic E-state index is 12.6. The van der Waals surface area contributed by atoms with E-state index in [0.717, 1.165) is 5.56 Å². The second-order valence-corrected chi connectivity index (χ2v) is 10.4. The molecule has 2 aliphatic rings. The molecule has 0 N–H and O–H groups in total. The van der Waals surface area contributed by atoms with Crippen molar-refractivity contribution in [2.75, 3.05) is 38.5 Å². The first-order chi connectivity index (χ1) is 14.2. The Balaban J connectivity index is 1.45. The molecule has 1 amide bonds. The third-order valence-corrected chi connectivity index (χ3v) is 7.73. The van der Waals surface area contributed by atoms with Gasteiger partial charge in [0.2, 0.25) is 15.9 Å². The number of aryl methyl sites for hydroxylation is 2. The van der Waals surface area contributed by atoms with Crippen LogP contribution in [0.2, 0.25) is 0 Å². The van der Waals surface area contributed by atoms with Crippen LogP contribution in [-0.2, 0) is 14.8 Å². The number of likely N-dealkylation sites (tertiary alicyclic amines) is 1. The highest BCUT2D eigenvalue weighted by molar-refractivity contribution is 7.89. The van der Waals surface area contributed by atoms with Crippen LogP contribution in [0.4, 0.5) is 0 Å². The molecule has 1 unspecified atom stereocenters. The minimum Gasteiger partial charge on any atom is -0.484 e. The SMILES string of the molecule is CCS(=O)(=O)N1CC(c2nc(C)no2)C2(CN(C(=O)COc3cccc(C)c3)C2)C1. The predicted molar refractivity (Wildman–Crippen MR) is 108 cm³/mol. The van der Waals surface area contributed by atoms with Gasteiger partial charge in [0.15, 0.2) is 12.4 Å². The molecule has 0 aliphatic carbocycles. The van der Waals surface area contributed by atoms with Gasteiger partial charge in [0.1, 0.15) is 5.75 Å². The Labute approximate surface area is 176 Å². The highest BCUT2D eigenvalue weighted by Gasteiger charge is 2.59. The summed E-state index contributed by atoms with van der Waals surface area (Å²) in [7, 11) is -3.35. The Morgan fingerprint density at radius 3 is 2.70 bits per heavy atom. The largest absolute Gasteiger partial charge is 0.484 e. The van der Waals surface area contributed by atoms with Gasteiger partial charge in [0, 0.05) is 31.6 Å². The summed E-state index contributed by atoms with van der Waals surface area (Å²) in [5.74, 6) is 1.27. The highest BCUT2D eigenvalue weighted by Crippen LogP contribution is 2.49. The van der Waals surface area contributed by atoms with Gasteiger partial charge in [-0.1, -0.05) is 17.3 Å². The lowest BCUT2D eigenvalue weighted by Crippen LogP contribution is -2.62. The number of hydrogen-bond acceptors (Lipinski definition) is 7. The summed E-state index contributed by atoms with van der Waals surface area (Å²) in [5, 5.41) is 3.86. The molecule has 2 aromatic rings. The summed E-state index contributed by atoms with van der Waals surface area (Å²) in [6, 6.07) is 7.54. The third-order valence-electron chi connectivity index (χ3n) is 5.93. The molecule has 30 heavy (non-hydrogen) atoms. The van der Waals surface area contributed by atoms with Gasteiger partial charge in [-0.3, -0.25) is 4.79 Å². The number of carbonyl (C=O) groups is 1. The van der Waals surface area contributed by atoms with E-state index in [2.05, 4.69) is 10.1 Å². The molecular weight excluding hydrogens is 408 g/mol. The molecule has 10 heteroatoms. The molecular formula is C20H26N4O5S. The molecule has 9 nitrogen and oxygen atoms in total. The standard InChI is InChI=1S/C20H26N4O5S/c1-4-30(26,27)24-9-17(19-21-15(3)22-29-19)20(13-24)11-23(12-20)18(25)10-28-16-7-5-6-14(2)8-16/h5-8,17H,4,9-13H2,1-3H3. The molecule has 1 spiro atoms. The number of benzene rings is 1. The van der Waals surface area contributed by atoms with Crippen LogP contribution in [-0.4, -0.2) is 72.2 Å². The smallest absolute Gasteiger partial charge is 0.260 e. The molecule has 0 radical (unpaired) electrons. The molecule has 2 fully saturated rings. The van der Waals surface area contributed by atoms with Crippen molar-refractivity contribution in [3.63, 3.8) is 0 Å². The maximum Gasteiger partial charge on any atom is 0.260 e. The van der Waals surface area contributed by atoms with Gasteiger partial charge >= 0.3 is 0 Å². The molecule has 2 aliphatic heterocycles. The van der Waals surface area contributed by atoms with E-state index in [9.17, 15) is 13.2 Å². The van der Waals surface area contributed by atoms with E-state index in [1.165, 1.54) is 4.31 Å². The Morgan fingerprint density at radius 1 is 1.30 bits per heavy atom. The van der Waals surface area contributed by atoms with E-state index >= 15 is 0 Å². The van der Waals surface area contributed by atoms with Gasteiger partial charge in [-0.25, -0.2) is 12.7 Å². The number of amides is 1. The number of aromatic nitrogens is 2. The lowest BCUT2D eigenvalue weighted by atomic mass is 9.71. The minimum atomic E-state index is -3.35. The van der Waals surface area contributed by atoms with Crippen LogP contribution in [0.3, 0.4) is 0 Å². The van der Waals surface area contributed by atoms with Gasteiger partial charge in [-0.05, 0) is 38.5 Å². The van der Waals surface area contributed by atoms with Gasteiger partial charge in [-0.15, -0.1) is 0 Å². The fourth-order valence-electron chi connectivity index (χ4n) is 4.26. The minimum absolute atomic E-state index is 0.0334. The van der Waals surface area contributed by atoms with Crippen molar-refractivity contribution in [3.8, 4) is 5.75 Å². The first-order valence-corrected chi connectivity index (χ1v) is 11.6. The van der Waals surface area contributed by atoms with Crippen molar-refractivity contribution < 1.29 is 22.5 Å². The molecule has 2 saturated heterocycles. The van der Waals surface area contributed by atoms with E-state index < -0.39 is 15.4 Å². The maximum atomic E-state index is 12.6. The van der Waals surface area contributed by atoms with Gasteiger partial charge < -0.3 is 14.2 Å². The lowest BCUT2D eigenvalue weighted by Gasteiger charge is -2.50. The topological polar surface area (TPSA) is 106 Å². The molecule has 0 bridgehead atoms. The van der Waals surface area contributed by atoms with Crippen molar-refractivity contribution in [2.45, 2.75) is 26.7 Å².